The summed E-state index contributed by atoms with van der Waals surface area (Å²) in [5.41, 5.74) is 1.86. The van der Waals surface area contributed by atoms with Crippen molar-refractivity contribution in [1.29, 1.82) is 0 Å². The zero-order valence-corrected chi connectivity index (χ0v) is 12.6. The van der Waals surface area contributed by atoms with Gasteiger partial charge in [-0.3, -0.25) is 9.69 Å². The van der Waals surface area contributed by atoms with E-state index in [1.807, 2.05) is 18.2 Å². The smallest absolute Gasteiger partial charge is 0.152 e. The third-order valence-electron chi connectivity index (χ3n) is 4.04. The molecule has 102 valence electrons. The summed E-state index contributed by atoms with van der Waals surface area (Å²) in [7, 11) is 0. The predicted molar refractivity (Wildman–Crippen MR) is 80.9 cm³/mol. The van der Waals surface area contributed by atoms with Crippen LogP contribution in [0.25, 0.3) is 0 Å². The second-order valence-electron chi connectivity index (χ2n) is 5.55. The SMILES string of the molecule is O=Cc1cc(Br)ccc1N1CCN(CC2CC2)CC1. The molecule has 0 N–H and O–H groups in total. The predicted octanol–water partition coefficient (Wildman–Crippen LogP) is 2.79. The van der Waals surface area contributed by atoms with Gasteiger partial charge in [-0.2, -0.15) is 0 Å². The Morgan fingerprint density at radius 1 is 1.21 bits per heavy atom. The summed E-state index contributed by atoms with van der Waals surface area (Å²) >= 11 is 3.42. The molecule has 0 atom stereocenters. The van der Waals surface area contributed by atoms with E-state index in [1.54, 1.807) is 0 Å². The summed E-state index contributed by atoms with van der Waals surface area (Å²) in [6, 6.07) is 5.96. The number of hydrogen-bond acceptors (Lipinski definition) is 3. The summed E-state index contributed by atoms with van der Waals surface area (Å²) in [5, 5.41) is 0. The Morgan fingerprint density at radius 3 is 2.58 bits per heavy atom. The molecule has 1 aromatic carbocycles. The first kappa shape index (κ1) is 13.1. The fraction of sp³-hybridized carbons (Fsp3) is 0.533. The fourth-order valence-corrected chi connectivity index (χ4v) is 3.12. The zero-order valence-electron chi connectivity index (χ0n) is 11.0. The van der Waals surface area contributed by atoms with Crippen LogP contribution in [0.5, 0.6) is 0 Å². The van der Waals surface area contributed by atoms with Gasteiger partial charge in [0.1, 0.15) is 0 Å². The molecule has 4 heteroatoms. The van der Waals surface area contributed by atoms with Gasteiger partial charge in [-0.25, -0.2) is 0 Å². The minimum Gasteiger partial charge on any atom is -0.368 e. The number of benzene rings is 1. The second kappa shape index (κ2) is 5.63. The largest absolute Gasteiger partial charge is 0.368 e. The number of rotatable bonds is 4. The van der Waals surface area contributed by atoms with Gasteiger partial charge < -0.3 is 4.90 Å². The molecular weight excluding hydrogens is 304 g/mol. The number of halogens is 1. The van der Waals surface area contributed by atoms with Crippen LogP contribution in [0.1, 0.15) is 23.2 Å². The second-order valence-corrected chi connectivity index (χ2v) is 6.47. The van der Waals surface area contributed by atoms with E-state index in [0.29, 0.717) is 0 Å². The summed E-state index contributed by atoms with van der Waals surface area (Å²) < 4.78 is 0.964. The molecule has 2 aliphatic rings. The molecule has 1 saturated carbocycles. The summed E-state index contributed by atoms with van der Waals surface area (Å²) in [5.74, 6) is 0.963. The van der Waals surface area contributed by atoms with Gasteiger partial charge in [-0.05, 0) is 37.0 Å². The maximum atomic E-state index is 11.2. The highest BCUT2D eigenvalue weighted by atomic mass is 79.9. The minimum atomic E-state index is 0.782. The summed E-state index contributed by atoms with van der Waals surface area (Å²) in [4.78, 5) is 16.1. The molecular formula is C15H19BrN2O. The van der Waals surface area contributed by atoms with Gasteiger partial charge in [0.25, 0.3) is 0 Å². The Bertz CT molecular complexity index is 465. The van der Waals surface area contributed by atoms with Crippen LogP contribution in [-0.2, 0) is 0 Å². The normalized spacial score (nSPS) is 20.6. The van der Waals surface area contributed by atoms with Crippen molar-refractivity contribution in [2.24, 2.45) is 5.92 Å². The Kier molecular flexibility index (Phi) is 3.89. The van der Waals surface area contributed by atoms with Crippen LogP contribution >= 0.6 is 15.9 Å². The lowest BCUT2D eigenvalue weighted by molar-refractivity contribution is 0.112. The highest BCUT2D eigenvalue weighted by molar-refractivity contribution is 9.10. The highest BCUT2D eigenvalue weighted by Gasteiger charge is 2.26. The van der Waals surface area contributed by atoms with E-state index in [2.05, 4.69) is 25.7 Å². The van der Waals surface area contributed by atoms with E-state index in [-0.39, 0.29) is 0 Å². The first-order valence-electron chi connectivity index (χ1n) is 6.98. The molecule has 1 heterocycles. The molecule has 2 fully saturated rings. The molecule has 0 unspecified atom stereocenters. The average Bonchev–Trinajstić information content (AvgIpc) is 3.24. The van der Waals surface area contributed by atoms with Crippen molar-refractivity contribution in [2.45, 2.75) is 12.8 Å². The van der Waals surface area contributed by atoms with Crippen molar-refractivity contribution in [3.63, 3.8) is 0 Å². The number of carbonyl (C=O) groups excluding carboxylic acids is 1. The van der Waals surface area contributed by atoms with Crippen LogP contribution in [0.2, 0.25) is 0 Å². The van der Waals surface area contributed by atoms with Gasteiger partial charge in [-0.15, -0.1) is 0 Å². The van der Waals surface area contributed by atoms with Crippen molar-refractivity contribution in [2.75, 3.05) is 37.6 Å². The first-order valence-corrected chi connectivity index (χ1v) is 7.77. The fourth-order valence-electron chi connectivity index (χ4n) is 2.74. The number of anilines is 1. The number of nitrogens with zero attached hydrogens (tertiary/aromatic N) is 2. The van der Waals surface area contributed by atoms with E-state index in [4.69, 9.17) is 0 Å². The molecule has 0 bridgehead atoms. The molecule has 0 amide bonds. The van der Waals surface area contributed by atoms with Crippen LogP contribution < -0.4 is 4.90 Å². The van der Waals surface area contributed by atoms with E-state index in [0.717, 1.165) is 54.1 Å². The molecule has 3 rings (SSSR count). The standard InChI is InChI=1S/C15H19BrN2O/c16-14-3-4-15(13(9-14)11-19)18-7-5-17(6-8-18)10-12-1-2-12/h3-4,9,11-12H,1-2,5-8,10H2. The lowest BCUT2D eigenvalue weighted by Crippen LogP contribution is -2.47. The van der Waals surface area contributed by atoms with Crippen LogP contribution in [0, 0.1) is 5.92 Å². The third kappa shape index (κ3) is 3.18. The summed E-state index contributed by atoms with van der Waals surface area (Å²) in [6.45, 7) is 5.55. The maximum Gasteiger partial charge on any atom is 0.152 e. The first-order chi connectivity index (χ1) is 9.26. The molecule has 1 saturated heterocycles. The molecule has 3 nitrogen and oxygen atoms in total. The van der Waals surface area contributed by atoms with Crippen molar-refractivity contribution in [3.05, 3.63) is 28.2 Å². The van der Waals surface area contributed by atoms with E-state index >= 15 is 0 Å². The molecule has 19 heavy (non-hydrogen) atoms. The van der Waals surface area contributed by atoms with Gasteiger partial charge in [0.05, 0.1) is 0 Å². The van der Waals surface area contributed by atoms with Crippen LogP contribution in [-0.4, -0.2) is 43.9 Å². The Balaban J connectivity index is 1.65. The monoisotopic (exact) mass is 322 g/mol. The minimum absolute atomic E-state index is 0.782. The van der Waals surface area contributed by atoms with Crippen molar-refractivity contribution < 1.29 is 4.79 Å². The number of piperazine rings is 1. The van der Waals surface area contributed by atoms with Gasteiger partial charge >= 0.3 is 0 Å². The number of carbonyl (C=O) groups is 1. The Labute approximate surface area is 122 Å². The van der Waals surface area contributed by atoms with Crippen LogP contribution in [0.4, 0.5) is 5.69 Å². The van der Waals surface area contributed by atoms with E-state index in [9.17, 15) is 4.79 Å². The molecule has 1 aromatic rings. The number of aldehydes is 1. The van der Waals surface area contributed by atoms with Crippen molar-refractivity contribution >= 4 is 27.9 Å². The molecule has 0 spiro atoms. The Morgan fingerprint density at radius 2 is 1.95 bits per heavy atom. The quantitative estimate of drug-likeness (QED) is 0.796. The molecule has 1 aliphatic heterocycles. The number of hydrogen-bond donors (Lipinski definition) is 0. The zero-order chi connectivity index (χ0) is 13.2. The molecule has 0 aromatic heterocycles. The highest BCUT2D eigenvalue weighted by Crippen LogP contribution is 2.30. The van der Waals surface area contributed by atoms with Crippen LogP contribution in [0.15, 0.2) is 22.7 Å². The molecule has 0 radical (unpaired) electrons. The topological polar surface area (TPSA) is 23.6 Å². The Hall–Kier alpha value is -0.870. The van der Waals surface area contributed by atoms with Gasteiger partial charge in [0, 0.05) is 48.4 Å². The lowest BCUT2D eigenvalue weighted by atomic mass is 10.1. The van der Waals surface area contributed by atoms with E-state index in [1.165, 1.54) is 19.4 Å². The average molecular weight is 323 g/mol. The van der Waals surface area contributed by atoms with E-state index < -0.39 is 0 Å². The van der Waals surface area contributed by atoms with Crippen LogP contribution in [0.3, 0.4) is 0 Å². The third-order valence-corrected chi connectivity index (χ3v) is 4.54. The maximum absolute atomic E-state index is 11.2. The van der Waals surface area contributed by atoms with Gasteiger partial charge in [0.2, 0.25) is 0 Å². The van der Waals surface area contributed by atoms with Gasteiger partial charge in [-0.1, -0.05) is 15.9 Å². The summed E-state index contributed by atoms with van der Waals surface area (Å²) in [6.07, 6.45) is 3.79. The van der Waals surface area contributed by atoms with Crippen molar-refractivity contribution in [3.8, 4) is 0 Å². The molecule has 1 aliphatic carbocycles. The lowest BCUT2D eigenvalue weighted by Gasteiger charge is -2.36. The van der Waals surface area contributed by atoms with Gasteiger partial charge in [0.15, 0.2) is 6.29 Å². The van der Waals surface area contributed by atoms with Crippen molar-refractivity contribution in [1.82, 2.24) is 4.90 Å².